The second-order valence-electron chi connectivity index (χ2n) is 4.01. The van der Waals surface area contributed by atoms with Crippen LogP contribution in [0.4, 0.5) is 0 Å². The molecule has 2 rings (SSSR count). The van der Waals surface area contributed by atoms with E-state index in [0.29, 0.717) is 0 Å². The fourth-order valence-corrected chi connectivity index (χ4v) is 2.91. The molecule has 1 atom stereocenters. The molecule has 1 unspecified atom stereocenters. The van der Waals surface area contributed by atoms with Gasteiger partial charge in [-0.15, -0.1) is 11.3 Å². The average molecular weight is 282 g/mol. The first-order chi connectivity index (χ1) is 8.74. The molecule has 18 heavy (non-hydrogen) atoms. The van der Waals surface area contributed by atoms with Gasteiger partial charge in [0.05, 0.1) is 7.11 Å². The quantitative estimate of drug-likeness (QED) is 0.897. The number of rotatable bonds is 5. The molecule has 0 spiro atoms. The van der Waals surface area contributed by atoms with Crippen LogP contribution in [0, 0.1) is 0 Å². The SMILES string of the molecule is CNC(Cc1cccs1)c1cc(Cl)ccc1OC. The molecule has 1 aromatic heterocycles. The molecule has 0 saturated carbocycles. The fourth-order valence-electron chi connectivity index (χ4n) is 1.97. The first-order valence-corrected chi connectivity index (χ1v) is 7.03. The summed E-state index contributed by atoms with van der Waals surface area (Å²) in [6.45, 7) is 0. The number of likely N-dealkylation sites (N-methyl/N-ethyl adjacent to an activating group) is 1. The molecule has 0 aliphatic carbocycles. The zero-order valence-electron chi connectivity index (χ0n) is 10.4. The number of benzene rings is 1. The number of methoxy groups -OCH3 is 1. The van der Waals surface area contributed by atoms with Gasteiger partial charge in [0.15, 0.2) is 0 Å². The highest BCUT2D eigenvalue weighted by atomic mass is 35.5. The molecule has 0 bridgehead atoms. The minimum absolute atomic E-state index is 0.206. The first kappa shape index (κ1) is 13.4. The zero-order chi connectivity index (χ0) is 13.0. The van der Waals surface area contributed by atoms with Crippen molar-refractivity contribution in [3.63, 3.8) is 0 Å². The molecule has 1 N–H and O–H groups in total. The second-order valence-corrected chi connectivity index (χ2v) is 5.48. The van der Waals surface area contributed by atoms with Crippen molar-refractivity contribution in [1.82, 2.24) is 5.32 Å². The Morgan fingerprint density at radius 3 is 2.83 bits per heavy atom. The maximum absolute atomic E-state index is 6.08. The monoisotopic (exact) mass is 281 g/mol. The lowest BCUT2D eigenvalue weighted by atomic mass is 10.0. The summed E-state index contributed by atoms with van der Waals surface area (Å²) in [6, 6.07) is 10.2. The van der Waals surface area contributed by atoms with E-state index >= 15 is 0 Å². The van der Waals surface area contributed by atoms with E-state index in [0.717, 1.165) is 22.8 Å². The van der Waals surface area contributed by atoms with Gasteiger partial charge in [0, 0.05) is 27.9 Å². The van der Waals surface area contributed by atoms with Gasteiger partial charge in [0.2, 0.25) is 0 Å². The van der Waals surface area contributed by atoms with E-state index in [1.807, 2.05) is 25.2 Å². The number of nitrogens with one attached hydrogen (secondary N) is 1. The Morgan fingerprint density at radius 1 is 1.39 bits per heavy atom. The van der Waals surface area contributed by atoms with Crippen molar-refractivity contribution < 1.29 is 4.74 Å². The molecular formula is C14H16ClNOS. The third-order valence-electron chi connectivity index (χ3n) is 2.90. The molecule has 1 aromatic carbocycles. The summed E-state index contributed by atoms with van der Waals surface area (Å²) in [5.41, 5.74) is 1.10. The summed E-state index contributed by atoms with van der Waals surface area (Å²) in [5.74, 6) is 0.871. The molecule has 2 aromatic rings. The van der Waals surface area contributed by atoms with E-state index < -0.39 is 0 Å². The van der Waals surface area contributed by atoms with Crippen molar-refractivity contribution in [2.75, 3.05) is 14.2 Å². The third-order valence-corrected chi connectivity index (χ3v) is 4.03. The van der Waals surface area contributed by atoms with Gasteiger partial charge in [-0.25, -0.2) is 0 Å². The molecule has 0 fully saturated rings. The largest absolute Gasteiger partial charge is 0.496 e. The van der Waals surface area contributed by atoms with Gasteiger partial charge in [-0.2, -0.15) is 0 Å². The Bertz CT molecular complexity index is 499. The Balaban J connectivity index is 2.28. The normalized spacial score (nSPS) is 12.4. The lowest BCUT2D eigenvalue weighted by molar-refractivity contribution is 0.401. The predicted octanol–water partition coefficient (Wildman–Crippen LogP) is 3.91. The summed E-state index contributed by atoms with van der Waals surface area (Å²) in [4.78, 5) is 1.34. The van der Waals surface area contributed by atoms with E-state index in [-0.39, 0.29) is 6.04 Å². The van der Waals surface area contributed by atoms with Crippen LogP contribution < -0.4 is 10.1 Å². The molecule has 0 saturated heterocycles. The van der Waals surface area contributed by atoms with Crippen LogP contribution in [0.3, 0.4) is 0 Å². The second kappa shape index (κ2) is 6.23. The minimum Gasteiger partial charge on any atom is -0.496 e. The van der Waals surface area contributed by atoms with Crippen LogP contribution in [-0.4, -0.2) is 14.2 Å². The summed E-state index contributed by atoms with van der Waals surface area (Å²) in [6.07, 6.45) is 0.935. The summed E-state index contributed by atoms with van der Waals surface area (Å²) in [5, 5.41) is 6.15. The average Bonchev–Trinajstić information content (AvgIpc) is 2.88. The summed E-state index contributed by atoms with van der Waals surface area (Å²) >= 11 is 7.84. The standard InChI is InChI=1S/C14H16ClNOS/c1-16-13(9-11-4-3-7-18-11)12-8-10(15)5-6-14(12)17-2/h3-8,13,16H,9H2,1-2H3. The van der Waals surface area contributed by atoms with Crippen molar-refractivity contribution >= 4 is 22.9 Å². The van der Waals surface area contributed by atoms with Crippen molar-refractivity contribution in [3.05, 3.63) is 51.2 Å². The molecule has 0 amide bonds. The fraction of sp³-hybridized carbons (Fsp3) is 0.286. The molecule has 0 aliphatic rings. The van der Waals surface area contributed by atoms with E-state index in [4.69, 9.17) is 16.3 Å². The third kappa shape index (κ3) is 3.05. The molecule has 2 nitrogen and oxygen atoms in total. The van der Waals surface area contributed by atoms with Crippen LogP contribution in [-0.2, 0) is 6.42 Å². The van der Waals surface area contributed by atoms with Crippen LogP contribution >= 0.6 is 22.9 Å². The number of hydrogen-bond donors (Lipinski definition) is 1. The Morgan fingerprint density at radius 2 is 2.22 bits per heavy atom. The van der Waals surface area contributed by atoms with Crippen LogP contribution in [0.15, 0.2) is 35.7 Å². The maximum Gasteiger partial charge on any atom is 0.123 e. The smallest absolute Gasteiger partial charge is 0.123 e. The molecular weight excluding hydrogens is 266 g/mol. The molecule has 1 heterocycles. The first-order valence-electron chi connectivity index (χ1n) is 5.77. The topological polar surface area (TPSA) is 21.3 Å². The van der Waals surface area contributed by atoms with Gasteiger partial charge < -0.3 is 10.1 Å². The van der Waals surface area contributed by atoms with Crippen LogP contribution in [0.5, 0.6) is 5.75 Å². The van der Waals surface area contributed by atoms with Crippen molar-refractivity contribution in [2.24, 2.45) is 0 Å². The number of hydrogen-bond acceptors (Lipinski definition) is 3. The summed E-state index contributed by atoms with van der Waals surface area (Å²) < 4.78 is 5.41. The van der Waals surface area contributed by atoms with Crippen LogP contribution in [0.25, 0.3) is 0 Å². The van der Waals surface area contributed by atoms with Crippen LogP contribution in [0.1, 0.15) is 16.5 Å². The predicted molar refractivity (Wildman–Crippen MR) is 77.8 cm³/mol. The lowest BCUT2D eigenvalue weighted by Gasteiger charge is -2.19. The Kier molecular flexibility index (Phi) is 4.64. The number of ether oxygens (including phenoxy) is 1. The highest BCUT2D eigenvalue weighted by Gasteiger charge is 2.16. The van der Waals surface area contributed by atoms with Gasteiger partial charge >= 0.3 is 0 Å². The van der Waals surface area contributed by atoms with E-state index in [2.05, 4.69) is 22.8 Å². The van der Waals surface area contributed by atoms with E-state index in [1.54, 1.807) is 18.4 Å². The van der Waals surface area contributed by atoms with Gasteiger partial charge in [-0.1, -0.05) is 17.7 Å². The Hall–Kier alpha value is -1.03. The highest BCUT2D eigenvalue weighted by Crippen LogP contribution is 2.30. The highest BCUT2D eigenvalue weighted by molar-refractivity contribution is 7.09. The van der Waals surface area contributed by atoms with Crippen LogP contribution in [0.2, 0.25) is 5.02 Å². The number of halogens is 1. The molecule has 4 heteroatoms. The summed E-state index contributed by atoms with van der Waals surface area (Å²) in [7, 11) is 3.64. The van der Waals surface area contributed by atoms with Crippen molar-refractivity contribution in [2.45, 2.75) is 12.5 Å². The van der Waals surface area contributed by atoms with Gasteiger partial charge in [0.1, 0.15) is 5.75 Å². The number of thiophene rings is 1. The lowest BCUT2D eigenvalue weighted by Crippen LogP contribution is -2.19. The van der Waals surface area contributed by atoms with E-state index in [1.165, 1.54) is 4.88 Å². The van der Waals surface area contributed by atoms with Crippen molar-refractivity contribution in [3.8, 4) is 5.75 Å². The van der Waals surface area contributed by atoms with Gasteiger partial charge in [-0.3, -0.25) is 0 Å². The zero-order valence-corrected chi connectivity index (χ0v) is 12.0. The van der Waals surface area contributed by atoms with E-state index in [9.17, 15) is 0 Å². The van der Waals surface area contributed by atoms with Crippen molar-refractivity contribution in [1.29, 1.82) is 0 Å². The van der Waals surface area contributed by atoms with Gasteiger partial charge in [0.25, 0.3) is 0 Å². The molecule has 0 aliphatic heterocycles. The molecule has 0 radical (unpaired) electrons. The van der Waals surface area contributed by atoms with Gasteiger partial charge in [-0.05, 0) is 36.7 Å². The molecule has 96 valence electrons. The minimum atomic E-state index is 0.206. The maximum atomic E-state index is 6.08. The Labute approximate surface area is 117 Å².